The van der Waals surface area contributed by atoms with Gasteiger partial charge in [-0.3, -0.25) is 0 Å². The van der Waals surface area contributed by atoms with Crippen LogP contribution in [0.4, 0.5) is 0 Å². The van der Waals surface area contributed by atoms with Crippen molar-refractivity contribution in [3.05, 3.63) is 58.3 Å². The van der Waals surface area contributed by atoms with Gasteiger partial charge in [0.25, 0.3) is 5.89 Å². The molecule has 0 aliphatic carbocycles. The van der Waals surface area contributed by atoms with E-state index in [0.717, 1.165) is 10.0 Å². The van der Waals surface area contributed by atoms with Crippen molar-refractivity contribution in [1.82, 2.24) is 10.1 Å². The molecule has 0 spiro atoms. The Morgan fingerprint density at radius 2 is 1.76 bits per heavy atom. The van der Waals surface area contributed by atoms with Crippen LogP contribution in [0.1, 0.15) is 11.4 Å². The highest BCUT2D eigenvalue weighted by Gasteiger charge is 2.17. The smallest absolute Gasteiger partial charge is 0.265 e. The Labute approximate surface area is 129 Å². The second-order valence-electron chi connectivity index (χ2n) is 4.49. The van der Waals surface area contributed by atoms with Gasteiger partial charge in [-0.25, -0.2) is 0 Å². The van der Waals surface area contributed by atoms with Gasteiger partial charge in [0.05, 0.1) is 0 Å². The van der Waals surface area contributed by atoms with E-state index in [0.29, 0.717) is 12.2 Å². The Morgan fingerprint density at radius 3 is 2.48 bits per heavy atom. The maximum absolute atomic E-state index is 9.79. The molecule has 3 aromatic rings. The normalized spacial score (nSPS) is 10.7. The summed E-state index contributed by atoms with van der Waals surface area (Å²) in [5.41, 5.74) is 1.17. The molecule has 2 N–H and O–H groups in total. The minimum atomic E-state index is -0.104. The Hall–Kier alpha value is -2.34. The number of halogens is 1. The van der Waals surface area contributed by atoms with Crippen LogP contribution in [-0.4, -0.2) is 20.4 Å². The van der Waals surface area contributed by atoms with Crippen LogP contribution in [0.3, 0.4) is 0 Å². The Kier molecular flexibility index (Phi) is 3.62. The summed E-state index contributed by atoms with van der Waals surface area (Å²) in [7, 11) is 0. The number of aromatic hydroxyl groups is 2. The van der Waals surface area contributed by atoms with Gasteiger partial charge in [-0.05, 0) is 29.8 Å². The fourth-order valence-corrected chi connectivity index (χ4v) is 2.45. The predicted octanol–water partition coefficient (Wildman–Crippen LogP) is 3.50. The largest absolute Gasteiger partial charge is 0.507 e. The molecule has 0 aliphatic rings. The van der Waals surface area contributed by atoms with Crippen molar-refractivity contribution in [2.24, 2.45) is 0 Å². The topological polar surface area (TPSA) is 79.4 Å². The molecular formula is C15H11BrN2O3. The Morgan fingerprint density at radius 1 is 1.05 bits per heavy atom. The summed E-state index contributed by atoms with van der Waals surface area (Å²) in [4.78, 5) is 4.21. The second kappa shape index (κ2) is 5.57. The molecule has 1 aromatic heterocycles. The summed E-state index contributed by atoms with van der Waals surface area (Å²) in [6.45, 7) is 0. The van der Waals surface area contributed by atoms with Gasteiger partial charge in [-0.1, -0.05) is 39.3 Å². The van der Waals surface area contributed by atoms with Gasteiger partial charge in [0, 0.05) is 10.9 Å². The quantitative estimate of drug-likeness (QED) is 0.758. The highest BCUT2D eigenvalue weighted by atomic mass is 79.9. The molecule has 0 aliphatic heterocycles. The van der Waals surface area contributed by atoms with E-state index in [-0.39, 0.29) is 23.0 Å². The van der Waals surface area contributed by atoms with Gasteiger partial charge < -0.3 is 14.7 Å². The summed E-state index contributed by atoms with van der Waals surface area (Å²) >= 11 is 3.41. The number of benzene rings is 2. The van der Waals surface area contributed by atoms with E-state index in [2.05, 4.69) is 26.1 Å². The van der Waals surface area contributed by atoms with E-state index in [9.17, 15) is 10.2 Å². The maximum Gasteiger partial charge on any atom is 0.265 e. The van der Waals surface area contributed by atoms with E-state index in [1.165, 1.54) is 18.2 Å². The van der Waals surface area contributed by atoms with Gasteiger partial charge in [0.1, 0.15) is 17.1 Å². The molecule has 0 fully saturated rings. The number of rotatable bonds is 3. The first-order valence-corrected chi connectivity index (χ1v) is 7.01. The molecule has 21 heavy (non-hydrogen) atoms. The fourth-order valence-electron chi connectivity index (χ4n) is 2.00. The Bertz CT molecular complexity index is 766. The van der Waals surface area contributed by atoms with Gasteiger partial charge in [-0.2, -0.15) is 4.98 Å². The molecule has 0 radical (unpaired) electrons. The van der Waals surface area contributed by atoms with Gasteiger partial charge in [0.15, 0.2) is 5.82 Å². The zero-order chi connectivity index (χ0) is 14.8. The lowest BCUT2D eigenvalue weighted by atomic mass is 10.1. The summed E-state index contributed by atoms with van der Waals surface area (Å²) in [6, 6.07) is 12.2. The van der Waals surface area contributed by atoms with E-state index < -0.39 is 0 Å². The van der Waals surface area contributed by atoms with Crippen LogP contribution in [0, 0.1) is 0 Å². The zero-order valence-electron chi connectivity index (χ0n) is 10.8. The third-order valence-corrected chi connectivity index (χ3v) is 3.45. The van der Waals surface area contributed by atoms with Crippen LogP contribution in [-0.2, 0) is 6.42 Å². The highest BCUT2D eigenvalue weighted by Crippen LogP contribution is 2.35. The lowest BCUT2D eigenvalue weighted by molar-refractivity contribution is 0.410. The molecular weight excluding hydrogens is 336 g/mol. The summed E-state index contributed by atoms with van der Waals surface area (Å²) in [6.07, 6.45) is 0.497. The van der Waals surface area contributed by atoms with E-state index in [1.807, 2.05) is 24.3 Å². The molecule has 0 bridgehead atoms. The number of nitrogens with zero attached hydrogens (tertiary/aromatic N) is 2. The highest BCUT2D eigenvalue weighted by molar-refractivity contribution is 9.10. The van der Waals surface area contributed by atoms with E-state index >= 15 is 0 Å². The summed E-state index contributed by atoms with van der Waals surface area (Å²) in [5, 5.41) is 23.4. The maximum atomic E-state index is 9.79. The van der Waals surface area contributed by atoms with Crippen molar-refractivity contribution in [3.8, 4) is 23.0 Å². The zero-order valence-corrected chi connectivity index (χ0v) is 12.4. The van der Waals surface area contributed by atoms with Crippen LogP contribution in [0.5, 0.6) is 11.5 Å². The van der Waals surface area contributed by atoms with Crippen molar-refractivity contribution in [2.45, 2.75) is 6.42 Å². The predicted molar refractivity (Wildman–Crippen MR) is 80.0 cm³/mol. The number of hydrogen-bond donors (Lipinski definition) is 2. The third kappa shape index (κ3) is 2.90. The van der Waals surface area contributed by atoms with Gasteiger partial charge in [-0.15, -0.1) is 0 Å². The molecule has 5 nitrogen and oxygen atoms in total. The molecule has 0 saturated carbocycles. The summed E-state index contributed by atoms with van der Waals surface area (Å²) < 4.78 is 6.10. The number of phenolic OH excluding ortho intramolecular Hbond substituents is 2. The van der Waals surface area contributed by atoms with Crippen LogP contribution >= 0.6 is 15.9 Å². The van der Waals surface area contributed by atoms with E-state index in [4.69, 9.17) is 4.52 Å². The first kappa shape index (κ1) is 13.6. The first-order valence-electron chi connectivity index (χ1n) is 6.22. The average molecular weight is 347 g/mol. The number of aromatic nitrogens is 2. The minimum absolute atomic E-state index is 0.0931. The lowest BCUT2D eigenvalue weighted by Crippen LogP contribution is -1.90. The van der Waals surface area contributed by atoms with Crippen LogP contribution < -0.4 is 0 Å². The van der Waals surface area contributed by atoms with Crippen LogP contribution in [0.2, 0.25) is 0 Å². The second-order valence-corrected chi connectivity index (χ2v) is 5.41. The Balaban J connectivity index is 1.90. The third-order valence-electron chi connectivity index (χ3n) is 2.95. The molecule has 106 valence electrons. The molecule has 3 rings (SSSR count). The molecule has 0 atom stereocenters. The molecule has 0 unspecified atom stereocenters. The molecule has 2 aromatic carbocycles. The van der Waals surface area contributed by atoms with Crippen molar-refractivity contribution >= 4 is 15.9 Å². The molecule has 1 heterocycles. The number of hydrogen-bond acceptors (Lipinski definition) is 5. The molecule has 0 amide bonds. The van der Waals surface area contributed by atoms with Gasteiger partial charge >= 0.3 is 0 Å². The summed E-state index contributed by atoms with van der Waals surface area (Å²) in [5.74, 6) is 0.363. The molecule has 0 saturated heterocycles. The average Bonchev–Trinajstić information content (AvgIpc) is 2.87. The lowest BCUT2D eigenvalue weighted by Gasteiger charge is -2.01. The van der Waals surface area contributed by atoms with Crippen molar-refractivity contribution < 1.29 is 14.7 Å². The van der Waals surface area contributed by atoms with Crippen molar-refractivity contribution in [2.75, 3.05) is 0 Å². The van der Waals surface area contributed by atoms with Crippen molar-refractivity contribution in [1.29, 1.82) is 0 Å². The fraction of sp³-hybridized carbons (Fsp3) is 0.0667. The number of phenols is 2. The van der Waals surface area contributed by atoms with Crippen LogP contribution in [0.25, 0.3) is 11.5 Å². The SMILES string of the molecule is Oc1cccc(O)c1-c1nc(Cc2cccc(Br)c2)no1. The van der Waals surface area contributed by atoms with Crippen molar-refractivity contribution in [3.63, 3.8) is 0 Å². The monoisotopic (exact) mass is 346 g/mol. The molecule has 6 heteroatoms. The van der Waals surface area contributed by atoms with Crippen LogP contribution in [0.15, 0.2) is 51.5 Å². The van der Waals surface area contributed by atoms with E-state index in [1.54, 1.807) is 0 Å². The van der Waals surface area contributed by atoms with Gasteiger partial charge in [0.2, 0.25) is 0 Å². The minimum Gasteiger partial charge on any atom is -0.507 e. The standard InChI is InChI=1S/C15H11BrN2O3/c16-10-4-1-3-9(7-10)8-13-17-15(21-18-13)14-11(19)5-2-6-12(14)20/h1-7,19-20H,8H2. The first-order chi connectivity index (χ1) is 10.1.